The molecule has 0 radical (unpaired) electrons. The first-order valence-electron chi connectivity index (χ1n) is 7.16. The number of carbonyl (C=O) groups is 1. The molecule has 1 aliphatic carbocycles. The summed E-state index contributed by atoms with van der Waals surface area (Å²) in [6.45, 7) is 1.85. The topological polar surface area (TPSA) is 96.7 Å². The number of carbonyl (C=O) groups excluding carboxylic acids is 1. The van der Waals surface area contributed by atoms with Gasteiger partial charge in [-0.05, 0) is 37.8 Å². The van der Waals surface area contributed by atoms with Crippen LogP contribution in [0.1, 0.15) is 25.1 Å². The maximum atomic E-state index is 12.0. The number of amides is 1. The summed E-state index contributed by atoms with van der Waals surface area (Å²) in [5.74, 6) is 1.86. The van der Waals surface area contributed by atoms with E-state index in [1.165, 1.54) is 0 Å². The van der Waals surface area contributed by atoms with Gasteiger partial charge in [-0.2, -0.15) is 5.10 Å². The smallest absolute Gasteiger partial charge is 0.225 e. The molecule has 0 bridgehead atoms. The molecule has 6 heteroatoms. The quantitative estimate of drug-likeness (QED) is 0.781. The number of anilines is 1. The highest BCUT2D eigenvalue weighted by Gasteiger charge is 2.29. The molecule has 1 unspecified atom stereocenters. The number of aryl methyl sites for hydroxylation is 1. The second-order valence-electron chi connectivity index (χ2n) is 5.58. The molecule has 0 aliphatic heterocycles. The first kappa shape index (κ1) is 13.8. The molecule has 4 N–H and O–H groups in total. The largest absolute Gasteiger partial charge is 0.327 e. The van der Waals surface area contributed by atoms with Crippen molar-refractivity contribution in [1.29, 1.82) is 0 Å². The van der Waals surface area contributed by atoms with Crippen LogP contribution in [0.25, 0.3) is 11.4 Å². The molecule has 0 saturated heterocycles. The summed E-state index contributed by atoms with van der Waals surface area (Å²) in [5, 5.41) is 9.81. The van der Waals surface area contributed by atoms with E-state index in [0.29, 0.717) is 18.2 Å². The van der Waals surface area contributed by atoms with Crippen LogP contribution in [0.15, 0.2) is 24.3 Å². The number of nitrogens with one attached hydrogen (secondary N) is 2. The zero-order valence-electron chi connectivity index (χ0n) is 12.0. The van der Waals surface area contributed by atoms with Gasteiger partial charge < -0.3 is 11.1 Å². The number of aromatic nitrogens is 3. The molecule has 0 spiro atoms. The predicted molar refractivity (Wildman–Crippen MR) is 80.5 cm³/mol. The number of hydrogen-bond donors (Lipinski definition) is 3. The lowest BCUT2D eigenvalue weighted by atomic mass is 10.1. The highest BCUT2D eigenvalue weighted by atomic mass is 16.1. The minimum Gasteiger partial charge on any atom is -0.327 e. The molecule has 1 aliphatic rings. The van der Waals surface area contributed by atoms with E-state index in [9.17, 15) is 4.79 Å². The van der Waals surface area contributed by atoms with Gasteiger partial charge in [-0.1, -0.05) is 12.1 Å². The van der Waals surface area contributed by atoms with Crippen LogP contribution in [-0.4, -0.2) is 27.1 Å². The highest BCUT2D eigenvalue weighted by Crippen LogP contribution is 2.32. The van der Waals surface area contributed by atoms with Gasteiger partial charge in [-0.3, -0.25) is 9.89 Å². The van der Waals surface area contributed by atoms with Crippen LogP contribution in [0.3, 0.4) is 0 Å². The lowest BCUT2D eigenvalue weighted by Gasteiger charge is -2.10. The number of benzene rings is 1. The van der Waals surface area contributed by atoms with Gasteiger partial charge in [0.25, 0.3) is 0 Å². The second-order valence-corrected chi connectivity index (χ2v) is 5.58. The predicted octanol–water partition coefficient (Wildman–Crippen LogP) is 1.85. The SMILES string of the molecule is Cc1nc(-c2cccc(NC(=O)CC(N)C3CC3)c2)n[nH]1. The van der Waals surface area contributed by atoms with E-state index in [1.807, 2.05) is 31.2 Å². The zero-order valence-corrected chi connectivity index (χ0v) is 12.0. The van der Waals surface area contributed by atoms with Crippen LogP contribution in [0.5, 0.6) is 0 Å². The van der Waals surface area contributed by atoms with Gasteiger partial charge in [-0.25, -0.2) is 4.98 Å². The molecule has 2 aromatic rings. The van der Waals surface area contributed by atoms with Crippen molar-refractivity contribution in [2.24, 2.45) is 11.7 Å². The minimum absolute atomic E-state index is 0.0242. The Kier molecular flexibility index (Phi) is 3.70. The molecule has 1 amide bonds. The molecule has 1 aromatic heterocycles. The van der Waals surface area contributed by atoms with Gasteiger partial charge in [0.2, 0.25) is 5.91 Å². The molecule has 1 saturated carbocycles. The summed E-state index contributed by atoms with van der Waals surface area (Å²) in [7, 11) is 0. The van der Waals surface area contributed by atoms with Crippen LogP contribution in [0.2, 0.25) is 0 Å². The maximum Gasteiger partial charge on any atom is 0.225 e. The van der Waals surface area contributed by atoms with Crippen LogP contribution in [0, 0.1) is 12.8 Å². The maximum absolute atomic E-state index is 12.0. The summed E-state index contributed by atoms with van der Waals surface area (Å²) < 4.78 is 0. The van der Waals surface area contributed by atoms with Crippen LogP contribution >= 0.6 is 0 Å². The number of hydrogen-bond acceptors (Lipinski definition) is 4. The summed E-state index contributed by atoms with van der Waals surface area (Å²) in [6.07, 6.45) is 2.66. The Bertz CT molecular complexity index is 647. The van der Waals surface area contributed by atoms with E-state index in [2.05, 4.69) is 20.5 Å². The van der Waals surface area contributed by atoms with E-state index < -0.39 is 0 Å². The molecule has 21 heavy (non-hydrogen) atoms. The van der Waals surface area contributed by atoms with Gasteiger partial charge in [0.1, 0.15) is 5.82 Å². The Morgan fingerprint density at radius 2 is 2.33 bits per heavy atom. The third-order valence-electron chi connectivity index (χ3n) is 3.65. The van der Waals surface area contributed by atoms with Gasteiger partial charge in [0.15, 0.2) is 5.82 Å². The molecule has 1 heterocycles. The first-order chi connectivity index (χ1) is 10.1. The van der Waals surface area contributed by atoms with Gasteiger partial charge >= 0.3 is 0 Å². The van der Waals surface area contributed by atoms with Crippen molar-refractivity contribution in [1.82, 2.24) is 15.2 Å². The van der Waals surface area contributed by atoms with Crippen LogP contribution in [-0.2, 0) is 4.79 Å². The fraction of sp³-hybridized carbons (Fsp3) is 0.400. The van der Waals surface area contributed by atoms with Crippen molar-refractivity contribution in [3.8, 4) is 11.4 Å². The number of nitrogens with zero attached hydrogens (tertiary/aromatic N) is 2. The zero-order chi connectivity index (χ0) is 14.8. The third-order valence-corrected chi connectivity index (χ3v) is 3.65. The standard InChI is InChI=1S/C15H19N5O/c1-9-17-15(20-19-9)11-3-2-4-12(7-11)18-14(21)8-13(16)10-5-6-10/h2-4,7,10,13H,5-6,8,16H2,1H3,(H,18,21)(H,17,19,20). The summed E-state index contributed by atoms with van der Waals surface area (Å²) in [5.41, 5.74) is 7.58. The Morgan fingerprint density at radius 3 is 3.00 bits per heavy atom. The minimum atomic E-state index is -0.0438. The Hall–Kier alpha value is -2.21. The van der Waals surface area contributed by atoms with Crippen molar-refractivity contribution in [2.45, 2.75) is 32.2 Å². The lowest BCUT2D eigenvalue weighted by molar-refractivity contribution is -0.116. The van der Waals surface area contributed by atoms with E-state index in [-0.39, 0.29) is 11.9 Å². The molecule has 1 fully saturated rings. The number of nitrogens with two attached hydrogens (primary N) is 1. The van der Waals surface area contributed by atoms with Crippen molar-refractivity contribution < 1.29 is 4.79 Å². The van der Waals surface area contributed by atoms with Crippen LogP contribution < -0.4 is 11.1 Å². The molecular weight excluding hydrogens is 266 g/mol. The number of aromatic amines is 1. The van der Waals surface area contributed by atoms with Crippen molar-refractivity contribution in [2.75, 3.05) is 5.32 Å². The molecular formula is C15H19N5O. The molecule has 110 valence electrons. The lowest BCUT2D eigenvalue weighted by Crippen LogP contribution is -2.28. The summed E-state index contributed by atoms with van der Waals surface area (Å²) >= 11 is 0. The second kappa shape index (κ2) is 5.65. The third kappa shape index (κ3) is 3.46. The molecule has 1 aromatic carbocycles. The Labute approximate surface area is 123 Å². The summed E-state index contributed by atoms with van der Waals surface area (Å²) in [4.78, 5) is 16.3. The summed E-state index contributed by atoms with van der Waals surface area (Å²) in [6, 6.07) is 7.47. The van der Waals surface area contributed by atoms with Gasteiger partial charge in [0, 0.05) is 23.7 Å². The molecule has 3 rings (SSSR count). The Morgan fingerprint density at radius 1 is 1.52 bits per heavy atom. The van der Waals surface area contributed by atoms with Crippen molar-refractivity contribution in [3.63, 3.8) is 0 Å². The van der Waals surface area contributed by atoms with E-state index >= 15 is 0 Å². The van der Waals surface area contributed by atoms with Crippen LogP contribution in [0.4, 0.5) is 5.69 Å². The fourth-order valence-electron chi connectivity index (χ4n) is 2.32. The average Bonchev–Trinajstić information content (AvgIpc) is 3.21. The first-order valence-corrected chi connectivity index (χ1v) is 7.16. The fourth-order valence-corrected chi connectivity index (χ4v) is 2.32. The number of rotatable bonds is 5. The normalized spacial score (nSPS) is 15.7. The average molecular weight is 285 g/mol. The molecule has 1 atom stereocenters. The van der Waals surface area contributed by atoms with E-state index in [1.54, 1.807) is 0 Å². The van der Waals surface area contributed by atoms with Crippen molar-refractivity contribution in [3.05, 3.63) is 30.1 Å². The van der Waals surface area contributed by atoms with E-state index in [4.69, 9.17) is 5.73 Å². The van der Waals surface area contributed by atoms with Gasteiger partial charge in [-0.15, -0.1) is 0 Å². The monoisotopic (exact) mass is 285 g/mol. The Balaban J connectivity index is 1.66. The highest BCUT2D eigenvalue weighted by molar-refractivity contribution is 5.91. The van der Waals surface area contributed by atoms with Crippen molar-refractivity contribution >= 4 is 11.6 Å². The number of H-pyrrole nitrogens is 1. The van der Waals surface area contributed by atoms with E-state index in [0.717, 1.165) is 29.9 Å². The van der Waals surface area contributed by atoms with Gasteiger partial charge in [0.05, 0.1) is 0 Å². The molecule has 6 nitrogen and oxygen atoms in total.